The average molecular weight is 205 g/mol. The number of anilines is 2. The van der Waals surface area contributed by atoms with Crippen LogP contribution in [0.4, 0.5) is 11.8 Å². The zero-order valence-corrected chi connectivity index (χ0v) is 7.45. The molecule has 72 valence electrons. The molecule has 1 aromatic heterocycles. The molecule has 0 unspecified atom stereocenters. The summed E-state index contributed by atoms with van der Waals surface area (Å²) < 4.78 is 0.404. The molecule has 0 atom stereocenters. The molecule has 0 bridgehead atoms. The number of rotatable bonds is 3. The van der Waals surface area contributed by atoms with Crippen molar-refractivity contribution in [3.63, 3.8) is 0 Å². The Labute approximate surface area is 79.5 Å². The molecule has 0 aliphatic carbocycles. The average Bonchev–Trinajstić information content (AvgIpc) is 2.09. The van der Waals surface area contributed by atoms with Crippen LogP contribution < -0.4 is 15.8 Å². The highest BCUT2D eigenvalue weighted by Crippen LogP contribution is 2.09. The minimum Gasteiger partial charge on any atom is -0.754 e. The number of halogens is 1. The SMILES string of the molecule is Nc1nc(Cl)cc(NCCO)[n+]1[O-]. The second kappa shape index (κ2) is 4.11. The summed E-state index contributed by atoms with van der Waals surface area (Å²) in [6, 6.07) is 1.33. The summed E-state index contributed by atoms with van der Waals surface area (Å²) in [6.45, 7) is 0.169. The Kier molecular flexibility index (Phi) is 3.10. The van der Waals surface area contributed by atoms with E-state index < -0.39 is 0 Å². The van der Waals surface area contributed by atoms with Crippen LogP contribution in [-0.2, 0) is 0 Å². The van der Waals surface area contributed by atoms with Gasteiger partial charge in [-0.15, -0.1) is 0 Å². The molecule has 0 aliphatic heterocycles. The molecule has 4 N–H and O–H groups in total. The van der Waals surface area contributed by atoms with Crippen LogP contribution in [-0.4, -0.2) is 23.2 Å². The first-order chi connectivity index (χ1) is 6.15. The van der Waals surface area contributed by atoms with Crippen LogP contribution in [0.15, 0.2) is 6.07 Å². The van der Waals surface area contributed by atoms with Gasteiger partial charge in [-0.3, -0.25) is 0 Å². The molecule has 0 spiro atoms. The maximum absolute atomic E-state index is 11.2. The highest BCUT2D eigenvalue weighted by molar-refractivity contribution is 6.29. The Morgan fingerprint density at radius 2 is 2.46 bits per heavy atom. The van der Waals surface area contributed by atoms with Crippen molar-refractivity contribution in [1.29, 1.82) is 0 Å². The lowest BCUT2D eigenvalue weighted by Gasteiger charge is -2.12. The van der Waals surface area contributed by atoms with Crippen LogP contribution in [0.3, 0.4) is 0 Å². The molecular formula is C6H9ClN4O2. The number of aliphatic hydroxyl groups excluding tert-OH is 1. The fourth-order valence-electron chi connectivity index (χ4n) is 0.789. The van der Waals surface area contributed by atoms with Gasteiger partial charge in [0, 0.05) is 0 Å². The van der Waals surface area contributed by atoms with E-state index in [9.17, 15) is 5.21 Å². The number of hydrogen-bond acceptors (Lipinski definition) is 5. The minimum atomic E-state index is -0.229. The van der Waals surface area contributed by atoms with Crippen molar-refractivity contribution in [2.45, 2.75) is 0 Å². The van der Waals surface area contributed by atoms with Gasteiger partial charge in [-0.2, -0.15) is 0 Å². The summed E-state index contributed by atoms with van der Waals surface area (Å²) in [5.74, 6) is -0.0560. The van der Waals surface area contributed by atoms with Crippen LogP contribution in [0.5, 0.6) is 0 Å². The number of nitrogens with one attached hydrogen (secondary N) is 1. The van der Waals surface area contributed by atoms with Crippen molar-refractivity contribution in [1.82, 2.24) is 4.98 Å². The summed E-state index contributed by atoms with van der Waals surface area (Å²) in [5.41, 5.74) is 5.25. The molecule has 0 saturated carbocycles. The third kappa shape index (κ3) is 2.33. The molecule has 0 fully saturated rings. The van der Waals surface area contributed by atoms with Crippen molar-refractivity contribution in [3.8, 4) is 0 Å². The normalized spacial score (nSPS) is 10.0. The summed E-state index contributed by atoms with van der Waals surface area (Å²) >= 11 is 5.56. The maximum atomic E-state index is 11.2. The number of nitrogen functional groups attached to an aromatic ring is 1. The lowest BCUT2D eigenvalue weighted by Crippen LogP contribution is -2.36. The molecule has 0 radical (unpaired) electrons. The van der Waals surface area contributed by atoms with Gasteiger partial charge in [-0.25, -0.2) is 4.73 Å². The molecule has 1 aromatic rings. The number of aliphatic hydroxyl groups is 1. The second-order valence-electron chi connectivity index (χ2n) is 2.27. The standard InChI is InChI=1S/C6H9ClN4O2/c7-4-3-5(9-1-2-12)11(13)6(8)10-4/h3,9,12H,1-2H2,(H2,8,10). The van der Waals surface area contributed by atoms with Crippen molar-refractivity contribution in [2.24, 2.45) is 0 Å². The van der Waals surface area contributed by atoms with E-state index in [1.807, 2.05) is 0 Å². The Morgan fingerprint density at radius 1 is 1.77 bits per heavy atom. The van der Waals surface area contributed by atoms with Crippen LogP contribution in [0.25, 0.3) is 0 Å². The molecule has 1 rings (SSSR count). The van der Waals surface area contributed by atoms with Gasteiger partial charge >= 0.3 is 5.95 Å². The lowest BCUT2D eigenvalue weighted by atomic mass is 10.5. The van der Waals surface area contributed by atoms with Gasteiger partial charge in [-0.1, -0.05) is 4.98 Å². The van der Waals surface area contributed by atoms with E-state index >= 15 is 0 Å². The molecule has 0 aromatic carbocycles. The fraction of sp³-hybridized carbons (Fsp3) is 0.333. The summed E-state index contributed by atoms with van der Waals surface area (Å²) in [7, 11) is 0. The zero-order valence-electron chi connectivity index (χ0n) is 6.70. The minimum absolute atomic E-state index is 0.0835. The van der Waals surface area contributed by atoms with E-state index in [1.54, 1.807) is 0 Å². The Balaban J connectivity index is 2.92. The Hall–Kier alpha value is -1.27. The molecule has 6 nitrogen and oxygen atoms in total. The third-order valence-corrected chi connectivity index (χ3v) is 1.52. The molecule has 13 heavy (non-hydrogen) atoms. The van der Waals surface area contributed by atoms with E-state index in [2.05, 4.69) is 10.3 Å². The lowest BCUT2D eigenvalue weighted by molar-refractivity contribution is -0.577. The predicted molar refractivity (Wildman–Crippen MR) is 48.2 cm³/mol. The Morgan fingerprint density at radius 3 is 3.08 bits per heavy atom. The molecule has 0 aliphatic rings. The molecule has 1 heterocycles. The van der Waals surface area contributed by atoms with Gasteiger partial charge < -0.3 is 21.4 Å². The van der Waals surface area contributed by atoms with E-state index in [-0.39, 0.29) is 30.1 Å². The second-order valence-corrected chi connectivity index (χ2v) is 2.65. The van der Waals surface area contributed by atoms with Crippen LogP contribution >= 0.6 is 11.6 Å². The summed E-state index contributed by atoms with van der Waals surface area (Å²) in [6.07, 6.45) is 0. The smallest absolute Gasteiger partial charge is 0.345 e. The topological polar surface area (TPSA) is 98.1 Å². The van der Waals surface area contributed by atoms with Gasteiger partial charge in [0.1, 0.15) is 0 Å². The first-order valence-electron chi connectivity index (χ1n) is 3.55. The van der Waals surface area contributed by atoms with Crippen molar-refractivity contribution >= 4 is 23.4 Å². The highest BCUT2D eigenvalue weighted by atomic mass is 35.5. The van der Waals surface area contributed by atoms with E-state index in [0.29, 0.717) is 4.73 Å². The van der Waals surface area contributed by atoms with E-state index in [0.717, 1.165) is 0 Å². The van der Waals surface area contributed by atoms with Crippen molar-refractivity contribution in [3.05, 3.63) is 16.4 Å². The van der Waals surface area contributed by atoms with Gasteiger partial charge in [0.15, 0.2) is 11.0 Å². The first-order valence-corrected chi connectivity index (χ1v) is 3.93. The maximum Gasteiger partial charge on any atom is 0.345 e. The van der Waals surface area contributed by atoms with Gasteiger partial charge in [-0.05, 0) is 11.6 Å². The van der Waals surface area contributed by atoms with Crippen molar-refractivity contribution in [2.75, 3.05) is 24.2 Å². The third-order valence-electron chi connectivity index (χ3n) is 1.32. The van der Waals surface area contributed by atoms with Crippen LogP contribution in [0.1, 0.15) is 0 Å². The summed E-state index contributed by atoms with van der Waals surface area (Å²) in [5, 5.41) is 22.4. The van der Waals surface area contributed by atoms with Crippen molar-refractivity contribution < 1.29 is 9.84 Å². The molecule has 0 saturated heterocycles. The number of aromatic nitrogens is 2. The number of hydrogen-bond donors (Lipinski definition) is 3. The predicted octanol–water partition coefficient (Wildman–Crippen LogP) is -0.645. The largest absolute Gasteiger partial charge is 0.754 e. The van der Waals surface area contributed by atoms with Gasteiger partial charge in [0.2, 0.25) is 0 Å². The molecular weight excluding hydrogens is 196 g/mol. The quantitative estimate of drug-likeness (QED) is 0.346. The number of nitrogens with two attached hydrogens (primary N) is 1. The van der Waals surface area contributed by atoms with Crippen LogP contribution in [0.2, 0.25) is 5.15 Å². The van der Waals surface area contributed by atoms with Crippen LogP contribution in [0, 0.1) is 5.21 Å². The monoisotopic (exact) mass is 204 g/mol. The van der Waals surface area contributed by atoms with Gasteiger partial charge in [0.05, 0.1) is 19.2 Å². The van der Waals surface area contributed by atoms with E-state index in [1.165, 1.54) is 6.07 Å². The number of nitrogens with zero attached hydrogens (tertiary/aromatic N) is 2. The summed E-state index contributed by atoms with van der Waals surface area (Å²) in [4.78, 5) is 3.53. The van der Waals surface area contributed by atoms with E-state index in [4.69, 9.17) is 22.4 Å². The molecule has 7 heteroatoms. The first kappa shape index (κ1) is 9.82. The highest BCUT2D eigenvalue weighted by Gasteiger charge is 2.07. The molecule has 0 amide bonds. The fourth-order valence-corrected chi connectivity index (χ4v) is 0.979. The van der Waals surface area contributed by atoms with Gasteiger partial charge in [0.25, 0.3) is 0 Å². The Bertz CT molecular complexity index is 307. The zero-order chi connectivity index (χ0) is 9.84.